The van der Waals surface area contributed by atoms with Crippen molar-refractivity contribution < 1.29 is 33.4 Å². The molecule has 6 atom stereocenters. The topological polar surface area (TPSA) is 104 Å². The van der Waals surface area contributed by atoms with Crippen molar-refractivity contribution in [3.05, 3.63) is 108 Å². The second-order valence-electron chi connectivity index (χ2n) is 12.2. The number of nitrogens with zero attached hydrogens (tertiary/aromatic N) is 2. The third-order valence-corrected chi connectivity index (χ3v) is 11.3. The Morgan fingerprint density at radius 3 is 2.15 bits per heavy atom. The van der Waals surface area contributed by atoms with Gasteiger partial charge in [0.1, 0.15) is 18.2 Å². The number of anilines is 2. The van der Waals surface area contributed by atoms with Gasteiger partial charge in [0.2, 0.25) is 11.8 Å². The lowest BCUT2D eigenvalue weighted by Crippen LogP contribution is -2.60. The van der Waals surface area contributed by atoms with Crippen molar-refractivity contribution in [1.29, 1.82) is 0 Å². The van der Waals surface area contributed by atoms with Crippen LogP contribution < -0.4 is 14.5 Å². The fraction of sp³-hybridized carbons (Fsp3) is 0.278. The van der Waals surface area contributed by atoms with Crippen LogP contribution in [0.5, 0.6) is 5.75 Å². The van der Waals surface area contributed by atoms with Gasteiger partial charge in [-0.15, -0.1) is 23.2 Å². The van der Waals surface area contributed by atoms with Crippen molar-refractivity contribution >= 4 is 64.3 Å². The number of ether oxygens (including phenoxy) is 1. The Labute approximate surface area is 280 Å². The first kappa shape index (κ1) is 31.3. The Morgan fingerprint density at radius 2 is 1.51 bits per heavy atom. The van der Waals surface area contributed by atoms with E-state index in [0.717, 1.165) is 22.6 Å². The molecule has 0 aromatic heterocycles. The van der Waals surface area contributed by atoms with E-state index >= 15 is 0 Å². The highest BCUT2D eigenvalue weighted by Crippen LogP contribution is 2.66. The second kappa shape index (κ2) is 11.4. The molecule has 2 aliphatic carbocycles. The maximum atomic E-state index is 14.4. The molecule has 2 saturated heterocycles. The van der Waals surface area contributed by atoms with Gasteiger partial charge < -0.3 is 9.84 Å². The number of hydrogen-bond acceptors (Lipinski definition) is 6. The van der Waals surface area contributed by atoms with Crippen LogP contribution in [0.3, 0.4) is 0 Å². The highest BCUT2D eigenvalue weighted by atomic mass is 35.5. The zero-order chi connectivity index (χ0) is 33.2. The molecular weight excluding hydrogens is 646 g/mol. The van der Waals surface area contributed by atoms with E-state index in [1.54, 1.807) is 54.6 Å². The first-order valence-corrected chi connectivity index (χ1v) is 16.0. The number of allylic oxidation sites excluding steroid dienone is 2. The minimum Gasteiger partial charge on any atom is -0.491 e. The Kier molecular flexibility index (Phi) is 7.62. The molecule has 1 N–H and O–H groups in total. The van der Waals surface area contributed by atoms with Crippen LogP contribution in [0.25, 0.3) is 6.08 Å². The largest absolute Gasteiger partial charge is 0.491 e. The van der Waals surface area contributed by atoms with Crippen molar-refractivity contribution in [3.8, 4) is 5.75 Å². The quantitative estimate of drug-likeness (QED) is 0.199. The summed E-state index contributed by atoms with van der Waals surface area (Å²) >= 11 is 14.8. The van der Waals surface area contributed by atoms with E-state index < -0.39 is 57.0 Å². The number of carbonyl (C=O) groups excluding carboxylic acids is 4. The van der Waals surface area contributed by atoms with Gasteiger partial charge in [-0.05, 0) is 78.4 Å². The predicted octanol–water partition coefficient (Wildman–Crippen LogP) is 5.61. The number of benzene rings is 3. The average molecular weight is 676 g/mol. The summed E-state index contributed by atoms with van der Waals surface area (Å²) in [4.78, 5) is 54.9. The highest BCUT2D eigenvalue weighted by Gasteiger charge is 2.76. The third kappa shape index (κ3) is 4.51. The van der Waals surface area contributed by atoms with E-state index in [1.165, 1.54) is 17.0 Å². The Balaban J connectivity index is 1.35. The number of alkyl halides is 2. The Bertz CT molecular complexity index is 1850. The zero-order valence-corrected chi connectivity index (χ0v) is 26.5. The average Bonchev–Trinajstić information content (AvgIpc) is 3.42. The predicted molar refractivity (Wildman–Crippen MR) is 175 cm³/mol. The van der Waals surface area contributed by atoms with Gasteiger partial charge in [0.05, 0.1) is 29.8 Å². The molecule has 0 spiro atoms. The van der Waals surface area contributed by atoms with E-state index in [1.807, 2.05) is 6.08 Å². The third-order valence-electron chi connectivity index (χ3n) is 9.86. The van der Waals surface area contributed by atoms with Crippen molar-refractivity contribution in [2.75, 3.05) is 23.0 Å². The summed E-state index contributed by atoms with van der Waals surface area (Å²) in [7, 11) is 0. The molecule has 0 unspecified atom stereocenters. The van der Waals surface area contributed by atoms with Gasteiger partial charge in [-0.3, -0.25) is 24.1 Å². The summed E-state index contributed by atoms with van der Waals surface area (Å²) in [5.74, 6) is -5.63. The van der Waals surface area contributed by atoms with Crippen LogP contribution in [0.15, 0.2) is 91.0 Å². The fourth-order valence-corrected chi connectivity index (χ4v) is 8.64. The van der Waals surface area contributed by atoms with Crippen LogP contribution in [0.1, 0.15) is 29.9 Å². The van der Waals surface area contributed by atoms with Gasteiger partial charge >= 0.3 is 0 Å². The molecule has 3 fully saturated rings. The van der Waals surface area contributed by atoms with Gasteiger partial charge in [0.25, 0.3) is 11.8 Å². The molecule has 0 bridgehead atoms. The van der Waals surface area contributed by atoms with Crippen molar-refractivity contribution in [1.82, 2.24) is 0 Å². The first-order valence-electron chi connectivity index (χ1n) is 15.2. The number of fused-ring (bicyclic) bond motifs is 4. The van der Waals surface area contributed by atoms with Gasteiger partial charge in [-0.1, -0.05) is 48.6 Å². The number of imide groups is 2. The van der Waals surface area contributed by atoms with Crippen LogP contribution in [0.2, 0.25) is 0 Å². The van der Waals surface area contributed by atoms with E-state index in [0.29, 0.717) is 22.6 Å². The smallest absolute Gasteiger partial charge is 0.258 e. The summed E-state index contributed by atoms with van der Waals surface area (Å²) < 4.78 is 19.4. The summed E-state index contributed by atoms with van der Waals surface area (Å²) in [6.07, 6.45) is 3.57. The second-order valence-corrected chi connectivity index (χ2v) is 13.4. The number of aliphatic hydroxyl groups excluding tert-OH is 1. The van der Waals surface area contributed by atoms with E-state index in [4.69, 9.17) is 27.9 Å². The maximum absolute atomic E-state index is 14.4. The van der Waals surface area contributed by atoms with Crippen molar-refractivity contribution in [2.24, 2.45) is 17.8 Å². The van der Waals surface area contributed by atoms with Crippen LogP contribution in [-0.4, -0.2) is 51.7 Å². The van der Waals surface area contributed by atoms with Crippen LogP contribution in [-0.2, 0) is 19.2 Å². The fourth-order valence-electron chi connectivity index (χ4n) is 7.71. The number of halogens is 3. The minimum absolute atomic E-state index is 0.0753. The molecule has 2 heterocycles. The van der Waals surface area contributed by atoms with Gasteiger partial charge in [0.15, 0.2) is 9.75 Å². The van der Waals surface area contributed by atoms with Crippen LogP contribution in [0, 0.1) is 23.6 Å². The molecule has 1 saturated carbocycles. The summed E-state index contributed by atoms with van der Waals surface area (Å²) in [6, 6.07) is 18.5. The van der Waals surface area contributed by atoms with E-state index in [-0.39, 0.29) is 37.6 Å². The minimum atomic E-state index is -2.03. The normalized spacial score (nSPS) is 29.7. The maximum Gasteiger partial charge on any atom is 0.258 e. The number of rotatable bonds is 7. The number of aliphatic hydroxyl groups is 1. The van der Waals surface area contributed by atoms with Crippen molar-refractivity contribution in [3.63, 3.8) is 0 Å². The van der Waals surface area contributed by atoms with E-state index in [2.05, 4.69) is 6.58 Å². The Morgan fingerprint density at radius 1 is 0.872 bits per heavy atom. The van der Waals surface area contributed by atoms with Gasteiger partial charge in [-0.25, -0.2) is 9.29 Å². The molecule has 11 heteroatoms. The molecular formula is C36H29Cl2FN2O6. The number of carbonyl (C=O) groups is 4. The van der Waals surface area contributed by atoms with Gasteiger partial charge in [-0.2, -0.15) is 0 Å². The number of amides is 4. The van der Waals surface area contributed by atoms with E-state index in [9.17, 15) is 28.7 Å². The SMILES string of the molecule is C=Cc1ccc(N2C(=O)[C@H]3[C@H](CC=C4[C@H]3C[C@@]3(Cl)C(=O)N(c5ccc(F)cc5)C(=O)[C@@]3(Cl)[C@H]4c3ccc(OCCO)cc3)C2=O)cc1. The lowest BCUT2D eigenvalue weighted by Gasteiger charge is -2.50. The molecule has 3 aromatic carbocycles. The molecule has 47 heavy (non-hydrogen) atoms. The molecule has 3 aromatic rings. The van der Waals surface area contributed by atoms with Crippen molar-refractivity contribution in [2.45, 2.75) is 28.5 Å². The molecule has 4 amide bonds. The standard InChI is InChI=1S/C36H29Cl2FN2O6/c1-2-20-3-9-23(10-4-20)40-31(43)27-16-15-26-28(29(27)32(40)44)19-35(37)33(45)41(24-11-7-22(39)8-12-24)34(46)36(35,38)30(26)21-5-13-25(14-6-21)47-18-17-42/h2-15,27-30,42H,1,16-19H2/t27-,28+,29-,30-,35+,36-/m0/s1. The highest BCUT2D eigenvalue weighted by molar-refractivity contribution is 6.58. The summed E-state index contributed by atoms with van der Waals surface area (Å²) in [5, 5.41) is 9.18. The molecule has 2 aliphatic heterocycles. The van der Waals surface area contributed by atoms with Gasteiger partial charge in [0, 0.05) is 5.92 Å². The zero-order valence-electron chi connectivity index (χ0n) is 24.9. The molecule has 0 radical (unpaired) electrons. The number of hydrogen-bond donors (Lipinski definition) is 1. The lowest BCUT2D eigenvalue weighted by atomic mass is 9.56. The molecule has 4 aliphatic rings. The molecule has 8 nitrogen and oxygen atoms in total. The monoisotopic (exact) mass is 674 g/mol. The lowest BCUT2D eigenvalue weighted by molar-refractivity contribution is -0.125. The first-order chi connectivity index (χ1) is 22.5. The summed E-state index contributed by atoms with van der Waals surface area (Å²) in [6.45, 7) is 3.65. The van der Waals surface area contributed by atoms with Crippen LogP contribution in [0.4, 0.5) is 15.8 Å². The Hall–Kier alpha value is -4.31. The molecule has 240 valence electrons. The summed E-state index contributed by atoms with van der Waals surface area (Å²) in [5.41, 5.74) is 2.56. The molecule has 7 rings (SSSR count). The van der Waals surface area contributed by atoms with Crippen LogP contribution >= 0.6 is 23.2 Å².